The van der Waals surface area contributed by atoms with Crippen molar-refractivity contribution in [3.8, 4) is 0 Å². The third-order valence-electron chi connectivity index (χ3n) is 2.75. The zero-order valence-corrected chi connectivity index (χ0v) is 6.19. The van der Waals surface area contributed by atoms with Gasteiger partial charge < -0.3 is 4.74 Å². The number of nitrogens with one attached hydrogen (secondary N) is 1. The molecule has 2 amide bonds. The smallest absolute Gasteiger partial charge is 0.233 e. The predicted molar refractivity (Wildman–Crippen MR) is 37.9 cm³/mol. The molecule has 0 saturated carbocycles. The highest BCUT2D eigenvalue weighted by Crippen LogP contribution is 2.41. The number of rotatable bonds is 0. The van der Waals surface area contributed by atoms with Crippen LogP contribution in [0.2, 0.25) is 0 Å². The summed E-state index contributed by atoms with van der Waals surface area (Å²) >= 11 is 0. The van der Waals surface area contributed by atoms with Gasteiger partial charge in [0.1, 0.15) is 0 Å². The van der Waals surface area contributed by atoms with Crippen LogP contribution in [0.3, 0.4) is 0 Å². The molecule has 0 aromatic carbocycles. The van der Waals surface area contributed by atoms with Crippen molar-refractivity contribution in [1.82, 2.24) is 5.32 Å². The molecular formula is C8H7NO3. The number of hydrogen-bond donors (Lipinski definition) is 1. The molecule has 0 aromatic heterocycles. The predicted octanol–water partition coefficient (Wildman–Crippen LogP) is -0.788. The van der Waals surface area contributed by atoms with E-state index >= 15 is 0 Å². The summed E-state index contributed by atoms with van der Waals surface area (Å²) in [7, 11) is 0. The van der Waals surface area contributed by atoms with Crippen molar-refractivity contribution in [2.45, 2.75) is 12.2 Å². The van der Waals surface area contributed by atoms with Crippen molar-refractivity contribution >= 4 is 11.8 Å². The summed E-state index contributed by atoms with van der Waals surface area (Å²) in [5, 5.41) is 2.32. The van der Waals surface area contributed by atoms with Crippen LogP contribution >= 0.6 is 0 Å². The van der Waals surface area contributed by atoms with Crippen LogP contribution in [-0.4, -0.2) is 24.0 Å². The Labute approximate surface area is 68.6 Å². The molecule has 3 aliphatic rings. The molecular weight excluding hydrogens is 158 g/mol. The van der Waals surface area contributed by atoms with E-state index in [9.17, 15) is 9.59 Å². The molecule has 2 bridgehead atoms. The second-order valence-corrected chi connectivity index (χ2v) is 3.36. The first kappa shape index (κ1) is 6.37. The highest BCUT2D eigenvalue weighted by atomic mass is 16.5. The van der Waals surface area contributed by atoms with E-state index < -0.39 is 0 Å². The molecule has 12 heavy (non-hydrogen) atoms. The summed E-state index contributed by atoms with van der Waals surface area (Å²) in [6, 6.07) is 0. The van der Waals surface area contributed by atoms with Crippen molar-refractivity contribution in [2.24, 2.45) is 11.8 Å². The van der Waals surface area contributed by atoms with Crippen molar-refractivity contribution < 1.29 is 14.3 Å². The normalized spacial score (nSPS) is 48.3. The quantitative estimate of drug-likeness (QED) is 0.378. The fourth-order valence-electron chi connectivity index (χ4n) is 2.22. The first-order valence-corrected chi connectivity index (χ1v) is 3.96. The molecule has 2 fully saturated rings. The number of fused-ring (bicyclic) bond motifs is 5. The highest BCUT2D eigenvalue weighted by Gasteiger charge is 2.57. The van der Waals surface area contributed by atoms with Crippen molar-refractivity contribution in [2.75, 3.05) is 0 Å². The maximum absolute atomic E-state index is 11.2. The lowest BCUT2D eigenvalue weighted by atomic mass is 9.85. The zero-order chi connectivity index (χ0) is 8.29. The van der Waals surface area contributed by atoms with Crippen LogP contribution in [0.25, 0.3) is 0 Å². The van der Waals surface area contributed by atoms with E-state index in [4.69, 9.17) is 4.74 Å². The third kappa shape index (κ3) is 0.536. The van der Waals surface area contributed by atoms with E-state index in [0.29, 0.717) is 0 Å². The van der Waals surface area contributed by atoms with Gasteiger partial charge in [0.15, 0.2) is 0 Å². The van der Waals surface area contributed by atoms with Crippen LogP contribution in [0.1, 0.15) is 0 Å². The molecule has 3 heterocycles. The van der Waals surface area contributed by atoms with Gasteiger partial charge in [0.05, 0.1) is 24.0 Å². The van der Waals surface area contributed by atoms with Crippen LogP contribution in [0, 0.1) is 11.8 Å². The Hall–Kier alpha value is -1.16. The van der Waals surface area contributed by atoms with Crippen LogP contribution in [0.15, 0.2) is 12.2 Å². The van der Waals surface area contributed by atoms with Gasteiger partial charge in [0, 0.05) is 0 Å². The molecule has 3 unspecified atom stereocenters. The Balaban J connectivity index is 2.08. The van der Waals surface area contributed by atoms with Crippen molar-refractivity contribution in [3.63, 3.8) is 0 Å². The minimum atomic E-state index is -0.257. The molecule has 0 radical (unpaired) electrons. The first-order chi connectivity index (χ1) is 5.77. The van der Waals surface area contributed by atoms with E-state index in [1.807, 2.05) is 12.2 Å². The fourth-order valence-corrected chi connectivity index (χ4v) is 2.22. The molecule has 4 heteroatoms. The molecule has 3 rings (SSSR count). The van der Waals surface area contributed by atoms with E-state index in [2.05, 4.69) is 5.32 Å². The maximum Gasteiger partial charge on any atom is 0.233 e. The summed E-state index contributed by atoms with van der Waals surface area (Å²) in [5.74, 6) is -0.872. The van der Waals surface area contributed by atoms with Gasteiger partial charge >= 0.3 is 0 Å². The molecule has 0 aromatic rings. The van der Waals surface area contributed by atoms with Gasteiger partial charge in [-0.3, -0.25) is 14.9 Å². The van der Waals surface area contributed by atoms with E-state index in [1.54, 1.807) is 0 Å². The van der Waals surface area contributed by atoms with Crippen molar-refractivity contribution in [1.29, 1.82) is 0 Å². The van der Waals surface area contributed by atoms with Crippen LogP contribution in [-0.2, 0) is 14.3 Å². The lowest BCUT2D eigenvalue weighted by molar-refractivity contribution is -0.128. The molecule has 3 aliphatic heterocycles. The van der Waals surface area contributed by atoms with Crippen LogP contribution < -0.4 is 5.32 Å². The number of carbonyl (C=O) groups is 2. The lowest BCUT2D eigenvalue weighted by Crippen LogP contribution is -2.27. The number of ether oxygens (including phenoxy) is 1. The molecule has 2 saturated heterocycles. The maximum atomic E-state index is 11.2. The average Bonchev–Trinajstić information content (AvgIpc) is 2.64. The van der Waals surface area contributed by atoms with Gasteiger partial charge in [-0.2, -0.15) is 0 Å². The molecule has 4 nitrogen and oxygen atoms in total. The van der Waals surface area contributed by atoms with E-state index in [1.165, 1.54) is 0 Å². The Morgan fingerprint density at radius 1 is 1.08 bits per heavy atom. The van der Waals surface area contributed by atoms with E-state index in [-0.39, 0.29) is 35.9 Å². The van der Waals surface area contributed by atoms with Gasteiger partial charge in [-0.15, -0.1) is 0 Å². The Morgan fingerprint density at radius 2 is 1.58 bits per heavy atom. The van der Waals surface area contributed by atoms with Gasteiger partial charge in [-0.1, -0.05) is 12.2 Å². The SMILES string of the molecule is O=C1NC(=O)C2C1C1C=C[C@H]2O1. The Morgan fingerprint density at radius 3 is 2.08 bits per heavy atom. The number of hydrogen-bond acceptors (Lipinski definition) is 3. The minimum Gasteiger partial charge on any atom is -0.365 e. The summed E-state index contributed by atoms with van der Waals surface area (Å²) < 4.78 is 5.39. The van der Waals surface area contributed by atoms with E-state index in [0.717, 1.165) is 0 Å². The number of carbonyl (C=O) groups excluding carboxylic acids is 2. The van der Waals surface area contributed by atoms with Crippen LogP contribution in [0.4, 0.5) is 0 Å². The molecule has 0 spiro atoms. The second kappa shape index (κ2) is 1.77. The third-order valence-corrected chi connectivity index (χ3v) is 2.75. The van der Waals surface area contributed by atoms with Gasteiger partial charge in [0.2, 0.25) is 11.8 Å². The van der Waals surface area contributed by atoms with Gasteiger partial charge in [-0.05, 0) is 0 Å². The summed E-state index contributed by atoms with van der Waals surface area (Å²) in [4.78, 5) is 22.4. The second-order valence-electron chi connectivity index (χ2n) is 3.36. The molecule has 1 N–H and O–H groups in total. The molecule has 4 atom stereocenters. The van der Waals surface area contributed by atoms with Crippen LogP contribution in [0.5, 0.6) is 0 Å². The fraction of sp³-hybridized carbons (Fsp3) is 0.500. The minimum absolute atomic E-state index is 0.161. The standard InChI is InChI=1S/C8H7NO3/c10-7-5-3-1-2-4(12-3)6(5)8(11)9-7/h1-6H,(H,9,10,11)/t3-,4?,5?,6?/m1/s1. The molecule has 0 aliphatic carbocycles. The number of imide groups is 1. The molecule has 62 valence electrons. The first-order valence-electron chi connectivity index (χ1n) is 3.96. The summed E-state index contributed by atoms with van der Waals surface area (Å²) in [6.45, 7) is 0. The Kier molecular flexibility index (Phi) is 0.939. The monoisotopic (exact) mass is 165 g/mol. The summed E-state index contributed by atoms with van der Waals surface area (Å²) in [5.41, 5.74) is 0. The topological polar surface area (TPSA) is 55.4 Å². The summed E-state index contributed by atoms with van der Waals surface area (Å²) in [6.07, 6.45) is 3.41. The van der Waals surface area contributed by atoms with Gasteiger partial charge in [0.25, 0.3) is 0 Å². The zero-order valence-electron chi connectivity index (χ0n) is 6.19. The number of amides is 2. The largest absolute Gasteiger partial charge is 0.365 e. The van der Waals surface area contributed by atoms with Crippen molar-refractivity contribution in [3.05, 3.63) is 12.2 Å². The van der Waals surface area contributed by atoms with Gasteiger partial charge in [-0.25, -0.2) is 0 Å². The highest BCUT2D eigenvalue weighted by molar-refractivity contribution is 6.06. The average molecular weight is 165 g/mol. The Bertz CT molecular complexity index is 281. The lowest BCUT2D eigenvalue weighted by Gasteiger charge is -2.10.